The molecule has 0 amide bonds. The molecule has 10 heteroatoms. The molecule has 40 heavy (non-hydrogen) atoms. The van der Waals surface area contributed by atoms with Gasteiger partial charge in [-0.1, -0.05) is 79.1 Å². The lowest BCUT2D eigenvalue weighted by Crippen LogP contribution is -2.40. The summed E-state index contributed by atoms with van der Waals surface area (Å²) >= 11 is 13.5. The molecule has 4 rings (SSSR count). The van der Waals surface area contributed by atoms with E-state index in [1.807, 2.05) is 6.07 Å². The average molecular weight is 602 g/mol. The Labute approximate surface area is 246 Å². The number of rotatable bonds is 11. The van der Waals surface area contributed by atoms with E-state index in [0.717, 1.165) is 19.3 Å². The molecule has 0 N–H and O–H groups in total. The number of aromatic nitrogens is 1. The van der Waals surface area contributed by atoms with Gasteiger partial charge in [0.25, 0.3) is 5.56 Å². The lowest BCUT2D eigenvalue weighted by Gasteiger charge is -2.25. The SMILES string of the molecule is C=CCOC(=O)C1=C(C)N=c2sc(=Cc3ccc(Cl)c(Cl)c3)c(=O)n2C1c1ccc(OCCCCC)c(OC)c1. The molecule has 0 aliphatic carbocycles. The molecule has 1 aliphatic rings. The van der Waals surface area contributed by atoms with Crippen molar-refractivity contribution in [1.29, 1.82) is 0 Å². The molecular weight excluding hydrogens is 571 g/mol. The molecule has 1 unspecified atom stereocenters. The number of hydrogen-bond acceptors (Lipinski definition) is 7. The van der Waals surface area contributed by atoms with Crippen molar-refractivity contribution >= 4 is 46.6 Å². The maximum absolute atomic E-state index is 13.8. The third kappa shape index (κ3) is 6.35. The normalized spacial score (nSPS) is 14.9. The molecule has 0 bridgehead atoms. The highest BCUT2D eigenvalue weighted by atomic mass is 35.5. The van der Waals surface area contributed by atoms with Gasteiger partial charge >= 0.3 is 5.97 Å². The minimum atomic E-state index is -0.799. The van der Waals surface area contributed by atoms with Gasteiger partial charge < -0.3 is 14.2 Å². The molecule has 2 aromatic carbocycles. The highest BCUT2D eigenvalue weighted by Gasteiger charge is 2.34. The minimum absolute atomic E-state index is 0.0257. The first-order chi connectivity index (χ1) is 19.3. The predicted octanol–water partition coefficient (Wildman–Crippen LogP) is 5.85. The summed E-state index contributed by atoms with van der Waals surface area (Å²) in [6.45, 7) is 8.08. The van der Waals surface area contributed by atoms with Gasteiger partial charge in [-0.15, -0.1) is 0 Å². The first-order valence-electron chi connectivity index (χ1n) is 12.8. The Morgan fingerprint density at radius 2 is 1.95 bits per heavy atom. The number of methoxy groups -OCH3 is 1. The third-order valence-corrected chi connectivity index (χ3v) is 8.05. The molecule has 3 aromatic rings. The summed E-state index contributed by atoms with van der Waals surface area (Å²) in [5.74, 6) is 0.509. The van der Waals surface area contributed by atoms with Crippen molar-refractivity contribution in [2.75, 3.05) is 20.3 Å². The smallest absolute Gasteiger partial charge is 0.338 e. The van der Waals surface area contributed by atoms with E-state index < -0.39 is 12.0 Å². The van der Waals surface area contributed by atoms with E-state index >= 15 is 0 Å². The van der Waals surface area contributed by atoms with Crippen LogP contribution in [0.3, 0.4) is 0 Å². The van der Waals surface area contributed by atoms with E-state index in [4.69, 9.17) is 37.4 Å². The molecule has 2 heterocycles. The highest BCUT2D eigenvalue weighted by molar-refractivity contribution is 7.07. The first kappa shape index (κ1) is 29.6. The van der Waals surface area contributed by atoms with Crippen LogP contribution in [-0.2, 0) is 9.53 Å². The minimum Gasteiger partial charge on any atom is -0.493 e. The van der Waals surface area contributed by atoms with Crippen LogP contribution in [0.5, 0.6) is 11.5 Å². The molecule has 1 atom stereocenters. The Morgan fingerprint density at radius 3 is 2.65 bits per heavy atom. The number of benzene rings is 2. The van der Waals surface area contributed by atoms with Gasteiger partial charge in [-0.05, 0) is 54.8 Å². The quantitative estimate of drug-likeness (QED) is 0.157. The van der Waals surface area contributed by atoms with Crippen LogP contribution < -0.4 is 24.4 Å². The van der Waals surface area contributed by atoms with Crippen molar-refractivity contribution in [3.63, 3.8) is 0 Å². The number of thiazole rings is 1. The number of fused-ring (bicyclic) bond motifs is 1. The fourth-order valence-corrected chi connectivity index (χ4v) is 5.72. The van der Waals surface area contributed by atoms with E-state index in [-0.39, 0.29) is 17.7 Å². The van der Waals surface area contributed by atoms with E-state index in [1.165, 1.54) is 22.0 Å². The van der Waals surface area contributed by atoms with Crippen LogP contribution >= 0.6 is 34.5 Å². The summed E-state index contributed by atoms with van der Waals surface area (Å²) in [4.78, 5) is 32.2. The molecule has 210 valence electrons. The largest absolute Gasteiger partial charge is 0.493 e. The molecule has 1 aliphatic heterocycles. The number of unbranched alkanes of at least 4 members (excludes halogenated alkanes) is 2. The number of allylic oxidation sites excluding steroid dienone is 1. The third-order valence-electron chi connectivity index (χ3n) is 6.32. The zero-order chi connectivity index (χ0) is 28.8. The van der Waals surface area contributed by atoms with Crippen LogP contribution in [0.2, 0.25) is 10.0 Å². The van der Waals surface area contributed by atoms with Gasteiger partial charge in [0.2, 0.25) is 0 Å². The van der Waals surface area contributed by atoms with Crippen LogP contribution in [0.1, 0.15) is 50.3 Å². The lowest BCUT2D eigenvalue weighted by molar-refractivity contribution is -0.138. The Hall–Kier alpha value is -3.33. The number of ether oxygens (including phenoxy) is 3. The lowest BCUT2D eigenvalue weighted by atomic mass is 9.95. The fourth-order valence-electron chi connectivity index (χ4n) is 4.37. The van der Waals surface area contributed by atoms with Crippen molar-refractivity contribution < 1.29 is 19.0 Å². The van der Waals surface area contributed by atoms with Crippen molar-refractivity contribution in [2.24, 2.45) is 4.99 Å². The van der Waals surface area contributed by atoms with Crippen molar-refractivity contribution in [3.05, 3.63) is 101 Å². The molecule has 0 saturated carbocycles. The zero-order valence-electron chi connectivity index (χ0n) is 22.5. The topological polar surface area (TPSA) is 79.1 Å². The van der Waals surface area contributed by atoms with Crippen molar-refractivity contribution in [3.8, 4) is 11.5 Å². The molecule has 0 spiro atoms. The van der Waals surface area contributed by atoms with Gasteiger partial charge in [0, 0.05) is 0 Å². The van der Waals surface area contributed by atoms with Crippen LogP contribution in [0.25, 0.3) is 6.08 Å². The van der Waals surface area contributed by atoms with Crippen LogP contribution in [0.4, 0.5) is 0 Å². The van der Waals surface area contributed by atoms with Crippen LogP contribution in [0, 0.1) is 0 Å². The Balaban J connectivity index is 1.86. The van der Waals surface area contributed by atoms with Gasteiger partial charge in [-0.25, -0.2) is 9.79 Å². The highest BCUT2D eigenvalue weighted by Crippen LogP contribution is 2.36. The number of carbonyl (C=O) groups is 1. The Kier molecular flexibility index (Phi) is 9.90. The fraction of sp³-hybridized carbons (Fsp3) is 0.300. The summed E-state index contributed by atoms with van der Waals surface area (Å²) in [6.07, 6.45) is 6.30. The first-order valence-corrected chi connectivity index (χ1v) is 14.4. The van der Waals surface area contributed by atoms with Crippen LogP contribution in [0.15, 0.2) is 70.1 Å². The molecule has 0 radical (unpaired) electrons. The van der Waals surface area contributed by atoms with Gasteiger partial charge in [-0.2, -0.15) is 0 Å². The van der Waals surface area contributed by atoms with Crippen molar-refractivity contribution in [2.45, 2.75) is 39.2 Å². The standard InChI is InChI=1S/C30H30Cl2N2O5S/c1-5-7-8-14-38-23-12-10-20(17-24(23)37-4)27-26(29(36)39-13-6-2)18(3)33-30-34(27)28(35)25(40-30)16-19-9-11-21(31)22(32)15-19/h6,9-12,15-17,27H,2,5,7-8,13-14H2,1,3-4H3. The van der Waals surface area contributed by atoms with Crippen LogP contribution in [-0.4, -0.2) is 30.9 Å². The summed E-state index contributed by atoms with van der Waals surface area (Å²) < 4.78 is 18.9. The molecule has 0 saturated heterocycles. The molecular formula is C30H30Cl2N2O5S. The number of halogens is 2. The van der Waals surface area contributed by atoms with Gasteiger partial charge in [-0.3, -0.25) is 9.36 Å². The summed E-state index contributed by atoms with van der Waals surface area (Å²) in [6, 6.07) is 9.75. The number of carbonyl (C=O) groups excluding carboxylic acids is 1. The van der Waals surface area contributed by atoms with E-state index in [1.54, 1.807) is 50.4 Å². The Bertz CT molecular complexity index is 1640. The maximum Gasteiger partial charge on any atom is 0.338 e. The van der Waals surface area contributed by atoms with Gasteiger partial charge in [0.05, 0.1) is 45.6 Å². The van der Waals surface area contributed by atoms with E-state index in [9.17, 15) is 9.59 Å². The van der Waals surface area contributed by atoms with Crippen molar-refractivity contribution in [1.82, 2.24) is 4.57 Å². The van der Waals surface area contributed by atoms with Gasteiger partial charge in [0.15, 0.2) is 16.3 Å². The summed E-state index contributed by atoms with van der Waals surface area (Å²) in [5, 5.41) is 0.804. The second-order valence-corrected chi connectivity index (χ2v) is 10.9. The maximum atomic E-state index is 13.8. The number of nitrogens with zero attached hydrogens (tertiary/aromatic N) is 2. The zero-order valence-corrected chi connectivity index (χ0v) is 24.9. The number of hydrogen-bond donors (Lipinski definition) is 0. The van der Waals surface area contributed by atoms with Gasteiger partial charge in [0.1, 0.15) is 6.61 Å². The average Bonchev–Trinajstić information content (AvgIpc) is 3.24. The Morgan fingerprint density at radius 1 is 1.15 bits per heavy atom. The predicted molar refractivity (Wildman–Crippen MR) is 159 cm³/mol. The summed E-state index contributed by atoms with van der Waals surface area (Å²) in [7, 11) is 1.56. The summed E-state index contributed by atoms with van der Waals surface area (Å²) in [5.41, 5.74) is 1.78. The molecule has 0 fully saturated rings. The monoisotopic (exact) mass is 600 g/mol. The van der Waals surface area contributed by atoms with E-state index in [0.29, 0.717) is 54.3 Å². The number of esters is 1. The van der Waals surface area contributed by atoms with E-state index in [2.05, 4.69) is 18.5 Å². The second-order valence-electron chi connectivity index (χ2n) is 9.11. The molecule has 7 nitrogen and oxygen atoms in total. The second kappa shape index (κ2) is 13.4. The molecule has 1 aromatic heterocycles.